The van der Waals surface area contributed by atoms with Crippen molar-refractivity contribution in [3.63, 3.8) is 0 Å². The molecule has 0 saturated heterocycles. The van der Waals surface area contributed by atoms with Crippen molar-refractivity contribution in [2.75, 3.05) is 5.32 Å². The second-order valence-corrected chi connectivity index (χ2v) is 7.37. The highest BCUT2D eigenvalue weighted by Gasteiger charge is 2.21. The number of carboxylic acid groups (broad SMARTS) is 1. The van der Waals surface area contributed by atoms with Crippen molar-refractivity contribution in [3.05, 3.63) is 69.6 Å². The molecule has 0 aliphatic carbocycles. The number of hydrogen-bond acceptors (Lipinski definition) is 4. The number of halogens is 1. The number of anilines is 1. The van der Waals surface area contributed by atoms with Gasteiger partial charge in [-0.15, -0.1) is 11.3 Å². The lowest BCUT2D eigenvalue weighted by Gasteiger charge is -2.08. The van der Waals surface area contributed by atoms with Crippen molar-refractivity contribution in [2.24, 2.45) is 0 Å². The number of aryl methyl sites for hydroxylation is 1. The molecule has 0 spiro atoms. The maximum absolute atomic E-state index is 12.7. The number of carbonyl (C=O) groups excluding carboxylic acids is 1. The topological polar surface area (TPSA) is 75.6 Å². The Bertz CT molecular complexity index is 1140. The largest absolute Gasteiger partial charge is 0.478 e. The number of hydrogen-bond donors (Lipinski definition) is 2. The molecule has 0 unspecified atom stereocenters. The Kier molecular flexibility index (Phi) is 6.23. The molecule has 0 aliphatic heterocycles. The van der Waals surface area contributed by atoms with Gasteiger partial charge < -0.3 is 15.2 Å². The van der Waals surface area contributed by atoms with Crippen LogP contribution >= 0.6 is 22.9 Å². The number of carboxylic acids is 1. The summed E-state index contributed by atoms with van der Waals surface area (Å²) in [5.74, 6) is 1.53. The van der Waals surface area contributed by atoms with Crippen molar-refractivity contribution in [3.8, 4) is 28.2 Å². The summed E-state index contributed by atoms with van der Waals surface area (Å²) in [7, 11) is 0. The second kappa shape index (κ2) is 8.82. The molecule has 0 bridgehead atoms. The van der Waals surface area contributed by atoms with Gasteiger partial charge in [0.05, 0.1) is 10.6 Å². The molecule has 2 N–H and O–H groups in total. The average molecular weight is 426 g/mol. The van der Waals surface area contributed by atoms with Crippen LogP contribution < -0.4 is 10.1 Å². The molecule has 29 heavy (non-hydrogen) atoms. The number of nitrogens with one attached hydrogen (secondary N) is 1. The Morgan fingerprint density at radius 1 is 1.17 bits per heavy atom. The molecule has 1 heterocycles. The van der Waals surface area contributed by atoms with Gasteiger partial charge in [-0.1, -0.05) is 35.7 Å². The summed E-state index contributed by atoms with van der Waals surface area (Å²) < 4.78 is 5.32. The molecule has 7 heteroatoms. The Hall–Kier alpha value is -3.27. The van der Waals surface area contributed by atoms with E-state index in [4.69, 9.17) is 16.3 Å². The zero-order valence-electron chi connectivity index (χ0n) is 15.6. The van der Waals surface area contributed by atoms with E-state index in [0.29, 0.717) is 26.8 Å². The number of benzene rings is 2. The maximum atomic E-state index is 12.7. The molecular weight excluding hydrogens is 410 g/mol. The third kappa shape index (κ3) is 4.60. The predicted molar refractivity (Wildman–Crippen MR) is 115 cm³/mol. The van der Waals surface area contributed by atoms with Gasteiger partial charge in [-0.2, -0.15) is 0 Å². The SMILES string of the molecule is CC#COc1cc(C(=O)Nc2csc(-c3ccc(Cl)cc3)c2C(=O)O)ccc1C. The normalized spacial score (nSPS) is 10.0. The average Bonchev–Trinajstić information content (AvgIpc) is 3.11. The van der Waals surface area contributed by atoms with Crippen LogP contribution in [0.5, 0.6) is 5.75 Å². The summed E-state index contributed by atoms with van der Waals surface area (Å²) in [5, 5.41) is 14.6. The third-order valence-corrected chi connectivity index (χ3v) is 5.35. The Morgan fingerprint density at radius 2 is 1.90 bits per heavy atom. The first-order valence-electron chi connectivity index (χ1n) is 8.52. The van der Waals surface area contributed by atoms with E-state index in [1.807, 2.05) is 6.92 Å². The minimum absolute atomic E-state index is 0.0334. The Morgan fingerprint density at radius 3 is 2.55 bits per heavy atom. The van der Waals surface area contributed by atoms with E-state index in [1.165, 1.54) is 11.3 Å². The van der Waals surface area contributed by atoms with Gasteiger partial charge in [-0.25, -0.2) is 4.79 Å². The summed E-state index contributed by atoms with van der Waals surface area (Å²) in [4.78, 5) is 25.1. The van der Waals surface area contributed by atoms with E-state index >= 15 is 0 Å². The van der Waals surface area contributed by atoms with E-state index in [0.717, 1.165) is 5.56 Å². The lowest BCUT2D eigenvalue weighted by Crippen LogP contribution is -2.14. The van der Waals surface area contributed by atoms with Gasteiger partial charge in [0.1, 0.15) is 17.4 Å². The van der Waals surface area contributed by atoms with Gasteiger partial charge in [-0.05, 0) is 42.3 Å². The van der Waals surface area contributed by atoms with E-state index < -0.39 is 11.9 Å². The van der Waals surface area contributed by atoms with Crippen LogP contribution in [0, 0.1) is 19.0 Å². The zero-order chi connectivity index (χ0) is 21.0. The van der Waals surface area contributed by atoms with Crippen LogP contribution in [0.3, 0.4) is 0 Å². The summed E-state index contributed by atoms with van der Waals surface area (Å²) in [5.41, 5.74) is 2.14. The summed E-state index contributed by atoms with van der Waals surface area (Å²) >= 11 is 7.15. The Labute approximate surface area is 176 Å². The number of aromatic carboxylic acids is 1. The standard InChI is InChI=1S/C22H16ClNO4S/c1-3-10-28-18-11-15(5-4-13(18)2)21(25)24-17-12-29-20(19(17)22(26)27)14-6-8-16(23)9-7-14/h4-9,11-12H,1-2H3,(H,24,25)(H,26,27). The highest BCUT2D eigenvalue weighted by molar-refractivity contribution is 7.14. The van der Waals surface area contributed by atoms with Crippen LogP contribution in [-0.4, -0.2) is 17.0 Å². The van der Waals surface area contributed by atoms with Crippen LogP contribution in [0.15, 0.2) is 47.8 Å². The van der Waals surface area contributed by atoms with Crippen molar-refractivity contribution in [1.82, 2.24) is 0 Å². The minimum atomic E-state index is -1.13. The molecule has 146 valence electrons. The number of rotatable bonds is 5. The number of amides is 1. The molecule has 0 fully saturated rings. The first-order chi connectivity index (χ1) is 13.9. The van der Waals surface area contributed by atoms with E-state index in [9.17, 15) is 14.7 Å². The molecule has 1 amide bonds. The van der Waals surface area contributed by atoms with Crippen LogP contribution in [0.25, 0.3) is 10.4 Å². The van der Waals surface area contributed by atoms with Crippen LogP contribution in [0.4, 0.5) is 5.69 Å². The van der Waals surface area contributed by atoms with Crippen molar-refractivity contribution in [2.45, 2.75) is 13.8 Å². The van der Waals surface area contributed by atoms with Gasteiger partial charge in [0.25, 0.3) is 5.91 Å². The zero-order valence-corrected chi connectivity index (χ0v) is 17.1. The fraction of sp³-hybridized carbons (Fsp3) is 0.0909. The molecule has 0 aliphatic rings. The van der Waals surface area contributed by atoms with Crippen LogP contribution in [-0.2, 0) is 0 Å². The summed E-state index contributed by atoms with van der Waals surface area (Å²) in [6, 6.07) is 11.8. The molecule has 1 aromatic heterocycles. The van der Waals surface area contributed by atoms with Crippen molar-refractivity contribution in [1.29, 1.82) is 0 Å². The molecule has 0 atom stereocenters. The van der Waals surface area contributed by atoms with E-state index in [-0.39, 0.29) is 11.3 Å². The molecular formula is C22H16ClNO4S. The highest BCUT2D eigenvalue weighted by Crippen LogP contribution is 2.36. The van der Waals surface area contributed by atoms with Crippen LogP contribution in [0.1, 0.15) is 33.2 Å². The summed E-state index contributed by atoms with van der Waals surface area (Å²) in [6.45, 7) is 3.49. The van der Waals surface area contributed by atoms with Gasteiger partial charge in [0.2, 0.25) is 0 Å². The van der Waals surface area contributed by atoms with Crippen molar-refractivity contribution < 1.29 is 19.4 Å². The fourth-order valence-electron chi connectivity index (χ4n) is 2.63. The first kappa shape index (κ1) is 20.5. The maximum Gasteiger partial charge on any atom is 0.339 e. The molecule has 2 aromatic carbocycles. The van der Waals surface area contributed by atoms with E-state index in [1.54, 1.807) is 54.8 Å². The number of thiophene rings is 1. The van der Waals surface area contributed by atoms with Gasteiger partial charge in [-0.3, -0.25) is 4.79 Å². The molecule has 3 rings (SSSR count). The lowest BCUT2D eigenvalue weighted by atomic mass is 10.1. The van der Waals surface area contributed by atoms with Gasteiger partial charge >= 0.3 is 5.97 Å². The van der Waals surface area contributed by atoms with Crippen LogP contribution in [0.2, 0.25) is 5.02 Å². The second-order valence-electron chi connectivity index (χ2n) is 6.05. The molecule has 0 saturated carbocycles. The minimum Gasteiger partial charge on any atom is -0.478 e. The molecule has 3 aromatic rings. The monoisotopic (exact) mass is 425 g/mol. The van der Waals surface area contributed by atoms with Gasteiger partial charge in [0.15, 0.2) is 0 Å². The van der Waals surface area contributed by atoms with E-state index in [2.05, 4.69) is 17.3 Å². The lowest BCUT2D eigenvalue weighted by molar-refractivity contribution is 0.0699. The summed E-state index contributed by atoms with van der Waals surface area (Å²) in [6.07, 6.45) is 2.50. The highest BCUT2D eigenvalue weighted by atomic mass is 35.5. The van der Waals surface area contributed by atoms with Crippen molar-refractivity contribution >= 4 is 40.5 Å². The van der Waals surface area contributed by atoms with Gasteiger partial charge in [0, 0.05) is 22.9 Å². The molecule has 0 radical (unpaired) electrons. The first-order valence-corrected chi connectivity index (χ1v) is 9.77. The quantitative estimate of drug-likeness (QED) is 0.515. The smallest absolute Gasteiger partial charge is 0.339 e. The number of ether oxygens (including phenoxy) is 1. The number of carbonyl (C=O) groups is 2. The third-order valence-electron chi connectivity index (χ3n) is 4.07. The Balaban J connectivity index is 1.92. The molecule has 5 nitrogen and oxygen atoms in total. The predicted octanol–water partition coefficient (Wildman–Crippen LogP) is 5.69. The fourth-order valence-corrected chi connectivity index (χ4v) is 3.75.